The van der Waals surface area contributed by atoms with Crippen molar-refractivity contribution in [2.75, 3.05) is 41.8 Å². The van der Waals surface area contributed by atoms with Crippen LogP contribution in [0.25, 0.3) is 11.3 Å². The SMILES string of the molecule is Nc1ncc(-c2ccc(N3CCOCC3)nc2)nc1N1Cc2ccccc2C1. The van der Waals surface area contributed by atoms with Crippen LogP contribution in [0.15, 0.2) is 48.8 Å². The number of pyridine rings is 1. The zero-order valence-electron chi connectivity index (χ0n) is 15.6. The standard InChI is InChI=1S/C21H22N6O/c22-20-21(27-13-16-3-1-2-4-17(16)14-27)25-18(12-24-20)15-5-6-19(23-11-15)26-7-9-28-10-8-26/h1-6,11-12H,7-10,13-14H2,(H2,22,24). The van der Waals surface area contributed by atoms with E-state index >= 15 is 0 Å². The molecule has 1 saturated heterocycles. The first-order valence-electron chi connectivity index (χ1n) is 9.51. The molecule has 0 spiro atoms. The highest BCUT2D eigenvalue weighted by molar-refractivity contribution is 5.67. The minimum atomic E-state index is 0.453. The monoisotopic (exact) mass is 374 g/mol. The van der Waals surface area contributed by atoms with Gasteiger partial charge in [-0.25, -0.2) is 15.0 Å². The van der Waals surface area contributed by atoms with Crippen molar-refractivity contribution < 1.29 is 4.74 Å². The number of hydrogen-bond donors (Lipinski definition) is 1. The number of nitrogens with two attached hydrogens (primary N) is 1. The van der Waals surface area contributed by atoms with E-state index in [1.807, 2.05) is 18.3 Å². The first-order valence-corrected chi connectivity index (χ1v) is 9.51. The van der Waals surface area contributed by atoms with Crippen molar-refractivity contribution in [1.29, 1.82) is 0 Å². The number of nitrogen functional groups attached to an aromatic ring is 1. The van der Waals surface area contributed by atoms with E-state index < -0.39 is 0 Å². The Bertz CT molecular complexity index is 959. The van der Waals surface area contributed by atoms with Crippen LogP contribution in [-0.2, 0) is 17.8 Å². The van der Waals surface area contributed by atoms with Gasteiger partial charge in [0, 0.05) is 37.9 Å². The second-order valence-electron chi connectivity index (χ2n) is 7.09. The van der Waals surface area contributed by atoms with Gasteiger partial charge in [0.15, 0.2) is 11.6 Å². The van der Waals surface area contributed by atoms with Crippen molar-refractivity contribution in [2.45, 2.75) is 13.1 Å². The average Bonchev–Trinajstić information content (AvgIpc) is 3.19. The van der Waals surface area contributed by atoms with Gasteiger partial charge in [-0.3, -0.25) is 0 Å². The van der Waals surface area contributed by atoms with Gasteiger partial charge in [-0.15, -0.1) is 0 Å². The smallest absolute Gasteiger partial charge is 0.172 e. The number of hydrogen-bond acceptors (Lipinski definition) is 7. The lowest BCUT2D eigenvalue weighted by Crippen LogP contribution is -2.36. The molecule has 4 heterocycles. The molecular formula is C21H22N6O. The van der Waals surface area contributed by atoms with Crippen LogP contribution in [0.3, 0.4) is 0 Å². The van der Waals surface area contributed by atoms with Crippen LogP contribution in [0.2, 0.25) is 0 Å². The van der Waals surface area contributed by atoms with E-state index in [4.69, 9.17) is 15.5 Å². The first kappa shape index (κ1) is 16.9. The number of anilines is 3. The summed E-state index contributed by atoms with van der Waals surface area (Å²) in [7, 11) is 0. The van der Waals surface area contributed by atoms with E-state index in [1.54, 1.807) is 6.20 Å². The van der Waals surface area contributed by atoms with Crippen molar-refractivity contribution in [1.82, 2.24) is 15.0 Å². The van der Waals surface area contributed by atoms with Gasteiger partial charge in [0.2, 0.25) is 0 Å². The van der Waals surface area contributed by atoms with Gasteiger partial charge in [0.05, 0.1) is 25.1 Å². The third kappa shape index (κ3) is 3.14. The molecule has 7 heteroatoms. The van der Waals surface area contributed by atoms with Gasteiger partial charge in [0.25, 0.3) is 0 Å². The topological polar surface area (TPSA) is 80.4 Å². The molecule has 28 heavy (non-hydrogen) atoms. The number of aromatic nitrogens is 3. The Hall–Kier alpha value is -3.19. The van der Waals surface area contributed by atoms with Crippen molar-refractivity contribution >= 4 is 17.5 Å². The molecule has 0 bridgehead atoms. The third-order valence-electron chi connectivity index (χ3n) is 5.30. The Morgan fingerprint density at radius 1 is 0.857 bits per heavy atom. The largest absolute Gasteiger partial charge is 0.381 e. The number of morpholine rings is 1. The van der Waals surface area contributed by atoms with E-state index in [0.29, 0.717) is 5.82 Å². The fourth-order valence-corrected chi connectivity index (χ4v) is 3.76. The summed E-state index contributed by atoms with van der Waals surface area (Å²) in [5.41, 5.74) is 10.5. The molecule has 2 N–H and O–H groups in total. The molecule has 2 aliphatic rings. The molecule has 0 aliphatic carbocycles. The van der Waals surface area contributed by atoms with Crippen LogP contribution >= 0.6 is 0 Å². The summed E-state index contributed by atoms with van der Waals surface area (Å²) in [5, 5.41) is 0. The third-order valence-corrected chi connectivity index (χ3v) is 5.30. The molecule has 5 rings (SSSR count). The number of fused-ring (bicyclic) bond motifs is 1. The molecular weight excluding hydrogens is 352 g/mol. The van der Waals surface area contributed by atoms with Gasteiger partial charge >= 0.3 is 0 Å². The summed E-state index contributed by atoms with van der Waals surface area (Å²) in [6, 6.07) is 12.5. The molecule has 0 unspecified atom stereocenters. The normalized spacial score (nSPS) is 16.3. The van der Waals surface area contributed by atoms with Crippen LogP contribution in [0.5, 0.6) is 0 Å². The summed E-state index contributed by atoms with van der Waals surface area (Å²) < 4.78 is 5.41. The fourth-order valence-electron chi connectivity index (χ4n) is 3.76. The zero-order valence-corrected chi connectivity index (χ0v) is 15.6. The first-order chi connectivity index (χ1) is 13.8. The number of ether oxygens (including phenoxy) is 1. The van der Waals surface area contributed by atoms with Gasteiger partial charge in [-0.1, -0.05) is 24.3 Å². The Morgan fingerprint density at radius 3 is 2.29 bits per heavy atom. The average molecular weight is 374 g/mol. The molecule has 142 valence electrons. The van der Waals surface area contributed by atoms with Gasteiger partial charge in [-0.2, -0.15) is 0 Å². The molecule has 0 atom stereocenters. The van der Waals surface area contributed by atoms with E-state index in [1.165, 1.54) is 11.1 Å². The van der Waals surface area contributed by atoms with Crippen LogP contribution < -0.4 is 15.5 Å². The highest BCUT2D eigenvalue weighted by Crippen LogP contribution is 2.31. The maximum Gasteiger partial charge on any atom is 0.172 e. The lowest BCUT2D eigenvalue weighted by molar-refractivity contribution is 0.122. The van der Waals surface area contributed by atoms with Crippen LogP contribution in [-0.4, -0.2) is 41.3 Å². The minimum absolute atomic E-state index is 0.453. The summed E-state index contributed by atoms with van der Waals surface area (Å²) in [6.07, 6.45) is 3.57. The van der Waals surface area contributed by atoms with Crippen molar-refractivity contribution in [3.8, 4) is 11.3 Å². The lowest BCUT2D eigenvalue weighted by Gasteiger charge is -2.27. The van der Waals surface area contributed by atoms with Gasteiger partial charge in [-0.05, 0) is 23.3 Å². The minimum Gasteiger partial charge on any atom is -0.381 e. The Morgan fingerprint density at radius 2 is 1.61 bits per heavy atom. The maximum absolute atomic E-state index is 6.15. The predicted octanol–water partition coefficient (Wildman–Crippen LogP) is 2.48. The number of benzene rings is 1. The molecule has 0 amide bonds. The quantitative estimate of drug-likeness (QED) is 0.754. The highest BCUT2D eigenvalue weighted by Gasteiger charge is 2.22. The Labute approximate surface area is 163 Å². The molecule has 2 aliphatic heterocycles. The van der Waals surface area contributed by atoms with Gasteiger partial charge < -0.3 is 20.3 Å². The maximum atomic E-state index is 6.15. The van der Waals surface area contributed by atoms with E-state index in [9.17, 15) is 0 Å². The summed E-state index contributed by atoms with van der Waals surface area (Å²) in [6.45, 7) is 4.82. The second-order valence-corrected chi connectivity index (χ2v) is 7.09. The molecule has 2 aromatic heterocycles. The summed E-state index contributed by atoms with van der Waals surface area (Å²) in [4.78, 5) is 18.2. The molecule has 0 radical (unpaired) electrons. The summed E-state index contributed by atoms with van der Waals surface area (Å²) >= 11 is 0. The van der Waals surface area contributed by atoms with E-state index in [0.717, 1.165) is 62.3 Å². The van der Waals surface area contributed by atoms with E-state index in [-0.39, 0.29) is 0 Å². The Balaban J connectivity index is 1.40. The van der Waals surface area contributed by atoms with Crippen LogP contribution in [0.4, 0.5) is 17.5 Å². The molecule has 3 aromatic rings. The summed E-state index contributed by atoms with van der Waals surface area (Å²) in [5.74, 6) is 2.14. The van der Waals surface area contributed by atoms with E-state index in [2.05, 4.69) is 44.0 Å². The van der Waals surface area contributed by atoms with Crippen molar-refractivity contribution in [3.05, 3.63) is 59.9 Å². The van der Waals surface area contributed by atoms with Crippen molar-refractivity contribution in [3.63, 3.8) is 0 Å². The van der Waals surface area contributed by atoms with Crippen LogP contribution in [0.1, 0.15) is 11.1 Å². The fraction of sp³-hybridized carbons (Fsp3) is 0.286. The van der Waals surface area contributed by atoms with Gasteiger partial charge in [0.1, 0.15) is 5.82 Å². The molecule has 1 aromatic carbocycles. The number of nitrogens with zero attached hydrogens (tertiary/aromatic N) is 5. The van der Waals surface area contributed by atoms with Crippen molar-refractivity contribution in [2.24, 2.45) is 0 Å². The predicted molar refractivity (Wildman–Crippen MR) is 109 cm³/mol. The number of rotatable bonds is 3. The molecule has 7 nitrogen and oxygen atoms in total. The zero-order chi connectivity index (χ0) is 18.9. The molecule has 1 fully saturated rings. The molecule has 0 saturated carbocycles. The highest BCUT2D eigenvalue weighted by atomic mass is 16.5. The second kappa shape index (κ2) is 7.09. The lowest BCUT2D eigenvalue weighted by atomic mass is 10.1. The van der Waals surface area contributed by atoms with Crippen LogP contribution in [0, 0.1) is 0 Å². The Kier molecular flexibility index (Phi) is 4.29.